The molecule has 0 radical (unpaired) electrons. The van der Waals surface area contributed by atoms with E-state index in [1.165, 1.54) is 69.8 Å². The monoisotopic (exact) mass is 224 g/mol. The van der Waals surface area contributed by atoms with Gasteiger partial charge in [-0.05, 0) is 31.6 Å². The maximum Gasteiger partial charge on any atom is -0.0323 e. The van der Waals surface area contributed by atoms with Crippen molar-refractivity contribution in [2.75, 3.05) is 0 Å². The highest BCUT2D eigenvalue weighted by atomic mass is 14.0. The molecule has 0 amide bonds. The summed E-state index contributed by atoms with van der Waals surface area (Å²) >= 11 is 0. The molecule has 0 saturated heterocycles. The Bertz CT molecular complexity index is 155. The van der Waals surface area contributed by atoms with Crippen LogP contribution in [0.25, 0.3) is 0 Å². The molecule has 0 aliphatic carbocycles. The van der Waals surface area contributed by atoms with Gasteiger partial charge in [0.1, 0.15) is 0 Å². The Morgan fingerprint density at radius 1 is 0.875 bits per heavy atom. The van der Waals surface area contributed by atoms with Crippen LogP contribution in [-0.4, -0.2) is 0 Å². The molecule has 0 aliphatic heterocycles. The van der Waals surface area contributed by atoms with Gasteiger partial charge in [-0.2, -0.15) is 0 Å². The van der Waals surface area contributed by atoms with Gasteiger partial charge in [-0.3, -0.25) is 0 Å². The van der Waals surface area contributed by atoms with E-state index in [0.29, 0.717) is 0 Å². The summed E-state index contributed by atoms with van der Waals surface area (Å²) in [6.07, 6.45) is 13.6. The Morgan fingerprint density at radius 3 is 2.00 bits per heavy atom. The van der Waals surface area contributed by atoms with Crippen LogP contribution in [0.15, 0.2) is 12.2 Å². The zero-order valence-corrected chi connectivity index (χ0v) is 11.9. The molecule has 0 saturated carbocycles. The third-order valence-corrected chi connectivity index (χ3v) is 3.20. The molecule has 0 aliphatic rings. The van der Waals surface area contributed by atoms with Gasteiger partial charge in [0.25, 0.3) is 0 Å². The fourth-order valence-corrected chi connectivity index (χ4v) is 2.03. The first-order chi connectivity index (χ1) is 7.66. The molecule has 96 valence electrons. The van der Waals surface area contributed by atoms with Crippen molar-refractivity contribution in [3.63, 3.8) is 0 Å². The van der Waals surface area contributed by atoms with Crippen LogP contribution in [0.5, 0.6) is 0 Å². The smallest absolute Gasteiger partial charge is 0.0323 e. The normalized spacial score (nSPS) is 11.0. The van der Waals surface area contributed by atoms with Crippen molar-refractivity contribution in [1.29, 1.82) is 0 Å². The molecule has 0 rings (SSSR count). The molecule has 0 heterocycles. The van der Waals surface area contributed by atoms with Crippen LogP contribution in [-0.2, 0) is 0 Å². The highest BCUT2D eigenvalue weighted by molar-refractivity contribution is 4.93. The van der Waals surface area contributed by atoms with Gasteiger partial charge in [-0.15, -0.1) is 0 Å². The van der Waals surface area contributed by atoms with Crippen molar-refractivity contribution >= 4 is 0 Å². The third-order valence-electron chi connectivity index (χ3n) is 3.20. The van der Waals surface area contributed by atoms with E-state index in [4.69, 9.17) is 0 Å². The van der Waals surface area contributed by atoms with Crippen LogP contribution in [0, 0.1) is 5.92 Å². The predicted molar refractivity (Wildman–Crippen MR) is 75.8 cm³/mol. The summed E-state index contributed by atoms with van der Waals surface area (Å²) in [4.78, 5) is 0. The average Bonchev–Trinajstić information content (AvgIpc) is 2.24. The van der Waals surface area contributed by atoms with Crippen molar-refractivity contribution < 1.29 is 0 Å². The summed E-state index contributed by atoms with van der Waals surface area (Å²) in [7, 11) is 0. The molecular formula is C16H32. The second-order valence-corrected chi connectivity index (χ2v) is 5.55. The lowest BCUT2D eigenvalue weighted by Gasteiger charge is -2.07. The lowest BCUT2D eigenvalue weighted by Crippen LogP contribution is -1.89. The van der Waals surface area contributed by atoms with E-state index in [1.807, 2.05) is 0 Å². The van der Waals surface area contributed by atoms with Crippen molar-refractivity contribution in [2.45, 2.75) is 85.0 Å². The summed E-state index contributed by atoms with van der Waals surface area (Å²) in [5.74, 6) is 0.863. The van der Waals surface area contributed by atoms with E-state index >= 15 is 0 Å². The number of hydrogen-bond donors (Lipinski definition) is 0. The largest absolute Gasteiger partial charge is 0.0999 e. The van der Waals surface area contributed by atoms with Gasteiger partial charge in [-0.1, -0.05) is 71.4 Å². The van der Waals surface area contributed by atoms with E-state index in [2.05, 4.69) is 27.4 Å². The van der Waals surface area contributed by atoms with Crippen LogP contribution in [0.4, 0.5) is 0 Å². The fourth-order valence-electron chi connectivity index (χ4n) is 2.03. The summed E-state index contributed by atoms with van der Waals surface area (Å²) in [6, 6.07) is 0. The van der Waals surface area contributed by atoms with Gasteiger partial charge in [-0.25, -0.2) is 0 Å². The van der Waals surface area contributed by atoms with E-state index in [-0.39, 0.29) is 0 Å². The van der Waals surface area contributed by atoms with Gasteiger partial charge in [0.15, 0.2) is 0 Å². The molecule has 0 aromatic carbocycles. The number of unbranched alkanes of at least 4 members (excludes halogenated alkanes) is 5. The summed E-state index contributed by atoms with van der Waals surface area (Å²) in [5.41, 5.74) is 1.49. The van der Waals surface area contributed by atoms with Gasteiger partial charge >= 0.3 is 0 Å². The van der Waals surface area contributed by atoms with E-state index in [0.717, 1.165) is 5.92 Å². The molecule has 0 spiro atoms. The summed E-state index contributed by atoms with van der Waals surface area (Å²) in [6.45, 7) is 11.1. The van der Waals surface area contributed by atoms with Crippen molar-refractivity contribution in [2.24, 2.45) is 5.92 Å². The van der Waals surface area contributed by atoms with Gasteiger partial charge in [0, 0.05) is 0 Å². The fraction of sp³-hybridized carbons (Fsp3) is 0.875. The molecule has 0 heteroatoms. The molecule has 0 fully saturated rings. The number of rotatable bonds is 11. The van der Waals surface area contributed by atoms with Crippen molar-refractivity contribution in [1.82, 2.24) is 0 Å². The SMILES string of the molecule is C=C(CCCCCCC)CCCCC(C)C. The molecule has 0 aromatic rings. The molecule has 0 bridgehead atoms. The van der Waals surface area contributed by atoms with Crippen molar-refractivity contribution in [3.8, 4) is 0 Å². The van der Waals surface area contributed by atoms with Crippen LogP contribution >= 0.6 is 0 Å². The predicted octanol–water partition coefficient (Wildman–Crippen LogP) is 6.12. The second kappa shape index (κ2) is 11.2. The maximum absolute atomic E-state index is 4.19. The molecule has 0 N–H and O–H groups in total. The number of allylic oxidation sites excluding steroid dienone is 1. The molecule has 16 heavy (non-hydrogen) atoms. The number of hydrogen-bond acceptors (Lipinski definition) is 0. The topological polar surface area (TPSA) is 0 Å². The third kappa shape index (κ3) is 11.8. The lowest BCUT2D eigenvalue weighted by molar-refractivity contribution is 0.533. The minimum atomic E-state index is 0.863. The van der Waals surface area contributed by atoms with E-state index in [9.17, 15) is 0 Å². The average molecular weight is 224 g/mol. The quantitative estimate of drug-likeness (QED) is 0.293. The standard InChI is InChI=1S/C16H32/c1-5-6-7-8-9-13-16(4)14-11-10-12-15(2)3/h15H,4-14H2,1-3H3. The highest BCUT2D eigenvalue weighted by Crippen LogP contribution is 2.16. The maximum atomic E-state index is 4.19. The minimum Gasteiger partial charge on any atom is -0.0999 e. The Kier molecular flexibility index (Phi) is 11.0. The lowest BCUT2D eigenvalue weighted by atomic mass is 10.00. The molecule has 0 atom stereocenters. The van der Waals surface area contributed by atoms with Crippen LogP contribution in [0.1, 0.15) is 85.0 Å². The van der Waals surface area contributed by atoms with Crippen molar-refractivity contribution in [3.05, 3.63) is 12.2 Å². The Hall–Kier alpha value is -0.260. The molecule has 0 unspecified atom stereocenters. The second-order valence-electron chi connectivity index (χ2n) is 5.55. The highest BCUT2D eigenvalue weighted by Gasteiger charge is 1.97. The van der Waals surface area contributed by atoms with Crippen LogP contribution < -0.4 is 0 Å². The summed E-state index contributed by atoms with van der Waals surface area (Å²) in [5, 5.41) is 0. The minimum absolute atomic E-state index is 0.863. The Balaban J connectivity index is 3.18. The first-order valence-corrected chi connectivity index (χ1v) is 7.33. The molecular weight excluding hydrogens is 192 g/mol. The molecule has 0 aromatic heterocycles. The first kappa shape index (κ1) is 15.7. The van der Waals surface area contributed by atoms with Crippen LogP contribution in [0.2, 0.25) is 0 Å². The van der Waals surface area contributed by atoms with Crippen LogP contribution in [0.3, 0.4) is 0 Å². The Labute approximate surface area is 104 Å². The van der Waals surface area contributed by atoms with E-state index in [1.54, 1.807) is 0 Å². The van der Waals surface area contributed by atoms with E-state index < -0.39 is 0 Å². The summed E-state index contributed by atoms with van der Waals surface area (Å²) < 4.78 is 0. The zero-order chi connectivity index (χ0) is 12.2. The van der Waals surface area contributed by atoms with Gasteiger partial charge in [0.2, 0.25) is 0 Å². The Morgan fingerprint density at radius 2 is 1.44 bits per heavy atom. The van der Waals surface area contributed by atoms with Gasteiger partial charge < -0.3 is 0 Å². The zero-order valence-electron chi connectivity index (χ0n) is 11.9. The molecule has 0 nitrogen and oxygen atoms in total. The first-order valence-electron chi connectivity index (χ1n) is 7.33. The van der Waals surface area contributed by atoms with Gasteiger partial charge in [0.05, 0.1) is 0 Å².